The zero-order valence-corrected chi connectivity index (χ0v) is 24.7. The molecule has 3 aromatic rings. The summed E-state index contributed by atoms with van der Waals surface area (Å²) >= 11 is 0. The number of rotatable bonds is 13. The van der Waals surface area contributed by atoms with Crippen molar-refractivity contribution in [3.8, 4) is 11.1 Å². The Labute approximate surface area is 234 Å². The van der Waals surface area contributed by atoms with Crippen molar-refractivity contribution in [3.05, 3.63) is 65.6 Å². The predicted molar refractivity (Wildman–Crippen MR) is 158 cm³/mol. The molecule has 210 valence electrons. The van der Waals surface area contributed by atoms with Gasteiger partial charge in [-0.25, -0.2) is 4.98 Å². The molecule has 7 unspecified atom stereocenters. The van der Waals surface area contributed by atoms with Crippen molar-refractivity contribution in [2.45, 2.75) is 85.1 Å². The molecule has 0 amide bonds. The maximum atomic E-state index is 5.94. The third-order valence-corrected chi connectivity index (χ3v) is 9.38. The molecule has 0 radical (unpaired) electrons. The van der Waals surface area contributed by atoms with Crippen LogP contribution in [0.4, 0.5) is 5.82 Å². The highest BCUT2D eigenvalue weighted by Crippen LogP contribution is 2.47. The molecule has 5 rings (SSSR count). The Kier molecular flexibility index (Phi) is 8.43. The van der Waals surface area contributed by atoms with Gasteiger partial charge in [-0.15, -0.1) is 0 Å². The first-order valence-corrected chi connectivity index (χ1v) is 14.8. The van der Waals surface area contributed by atoms with Crippen molar-refractivity contribution < 1.29 is 9.47 Å². The average molecular weight is 531 g/mol. The Morgan fingerprint density at radius 1 is 1.05 bits per heavy atom. The summed E-state index contributed by atoms with van der Waals surface area (Å²) in [4.78, 5) is 4.85. The van der Waals surface area contributed by atoms with E-state index in [-0.39, 0.29) is 6.04 Å². The van der Waals surface area contributed by atoms with Gasteiger partial charge in [-0.3, -0.25) is 4.68 Å². The molecule has 2 aliphatic rings. The van der Waals surface area contributed by atoms with Crippen LogP contribution in [0.2, 0.25) is 0 Å². The van der Waals surface area contributed by atoms with E-state index in [0.717, 1.165) is 29.5 Å². The molecule has 0 bridgehead atoms. The molecule has 7 atom stereocenters. The van der Waals surface area contributed by atoms with E-state index >= 15 is 0 Å². The number of ether oxygens (including phenoxy) is 2. The van der Waals surface area contributed by atoms with Gasteiger partial charge in [0.15, 0.2) is 0 Å². The van der Waals surface area contributed by atoms with Crippen LogP contribution in [0, 0.1) is 30.6 Å². The highest BCUT2D eigenvalue weighted by atomic mass is 16.6. The van der Waals surface area contributed by atoms with Crippen LogP contribution in [0.15, 0.2) is 48.8 Å². The van der Waals surface area contributed by atoms with Gasteiger partial charge in [-0.2, -0.15) is 5.10 Å². The molecule has 6 nitrogen and oxygen atoms in total. The number of aryl methyl sites for hydroxylation is 1. The van der Waals surface area contributed by atoms with Crippen molar-refractivity contribution in [1.29, 1.82) is 0 Å². The Morgan fingerprint density at radius 3 is 2.49 bits per heavy atom. The third kappa shape index (κ3) is 6.38. The van der Waals surface area contributed by atoms with Gasteiger partial charge in [0, 0.05) is 24.6 Å². The molecule has 1 saturated carbocycles. The van der Waals surface area contributed by atoms with Crippen LogP contribution < -0.4 is 5.32 Å². The van der Waals surface area contributed by atoms with Crippen LogP contribution in [0.25, 0.3) is 11.1 Å². The van der Waals surface area contributed by atoms with E-state index in [4.69, 9.17) is 14.5 Å². The smallest absolute Gasteiger partial charge is 0.126 e. The van der Waals surface area contributed by atoms with Crippen molar-refractivity contribution in [2.24, 2.45) is 23.7 Å². The summed E-state index contributed by atoms with van der Waals surface area (Å²) in [5.74, 6) is 3.63. The van der Waals surface area contributed by atoms with E-state index in [1.54, 1.807) is 7.11 Å². The average Bonchev–Trinajstić information content (AvgIpc) is 3.86. The van der Waals surface area contributed by atoms with Gasteiger partial charge in [-0.1, -0.05) is 45.9 Å². The van der Waals surface area contributed by atoms with Crippen LogP contribution in [0.1, 0.15) is 76.2 Å². The fourth-order valence-corrected chi connectivity index (χ4v) is 6.21. The largest absolute Gasteiger partial charge is 0.383 e. The molecule has 1 aliphatic carbocycles. The number of methoxy groups -OCH3 is 1. The lowest BCUT2D eigenvalue weighted by molar-refractivity contribution is 0.183. The predicted octanol–water partition coefficient (Wildman–Crippen LogP) is 7.26. The lowest BCUT2D eigenvalue weighted by Crippen LogP contribution is -2.27. The molecule has 0 spiro atoms. The first-order chi connectivity index (χ1) is 18.8. The zero-order valence-electron chi connectivity index (χ0n) is 24.7. The monoisotopic (exact) mass is 530 g/mol. The molecular weight excluding hydrogens is 484 g/mol. The highest BCUT2D eigenvalue weighted by Gasteiger charge is 2.43. The lowest BCUT2D eigenvalue weighted by atomic mass is 9.76. The summed E-state index contributed by atoms with van der Waals surface area (Å²) in [6.45, 7) is 15.2. The molecule has 3 heterocycles. The number of anilines is 1. The number of hydrogen-bond acceptors (Lipinski definition) is 5. The van der Waals surface area contributed by atoms with Gasteiger partial charge in [0.2, 0.25) is 0 Å². The molecule has 2 fully saturated rings. The summed E-state index contributed by atoms with van der Waals surface area (Å²) in [6.07, 6.45) is 7.48. The molecule has 2 aromatic heterocycles. The first kappa shape index (κ1) is 27.9. The number of epoxide rings is 1. The minimum atomic E-state index is 0.139. The van der Waals surface area contributed by atoms with E-state index in [0.29, 0.717) is 42.5 Å². The van der Waals surface area contributed by atoms with E-state index in [1.165, 1.54) is 29.5 Å². The van der Waals surface area contributed by atoms with E-state index < -0.39 is 0 Å². The second kappa shape index (κ2) is 11.8. The topological polar surface area (TPSA) is 64.5 Å². The second-order valence-electron chi connectivity index (χ2n) is 12.1. The molecule has 1 aromatic carbocycles. The van der Waals surface area contributed by atoms with Gasteiger partial charge in [0.05, 0.1) is 37.6 Å². The SMILES string of the molecule is COCCn1cc(-c2ccc(C(C)C(C)C3OC3C)c(C(Nc3cccc(C)n3)C(C)C(C)C3CC3)c2)cn1. The second-order valence-corrected chi connectivity index (χ2v) is 12.1. The minimum absolute atomic E-state index is 0.139. The maximum absolute atomic E-state index is 5.94. The number of aromatic nitrogens is 3. The quantitative estimate of drug-likeness (QED) is 0.236. The molecule has 1 saturated heterocycles. The molecule has 6 heteroatoms. The lowest BCUT2D eigenvalue weighted by Gasteiger charge is -2.34. The highest BCUT2D eigenvalue weighted by molar-refractivity contribution is 5.64. The van der Waals surface area contributed by atoms with Crippen LogP contribution in [-0.2, 0) is 16.0 Å². The van der Waals surface area contributed by atoms with Gasteiger partial charge in [0.1, 0.15) is 5.82 Å². The van der Waals surface area contributed by atoms with Crippen molar-refractivity contribution >= 4 is 5.82 Å². The Balaban J connectivity index is 1.57. The van der Waals surface area contributed by atoms with Crippen molar-refractivity contribution in [2.75, 3.05) is 19.0 Å². The fraction of sp³-hybridized carbons (Fsp3) is 0.576. The summed E-state index contributed by atoms with van der Waals surface area (Å²) in [5.41, 5.74) is 6.13. The summed E-state index contributed by atoms with van der Waals surface area (Å²) < 4.78 is 13.2. The van der Waals surface area contributed by atoms with Crippen LogP contribution in [-0.4, -0.2) is 40.7 Å². The van der Waals surface area contributed by atoms with Gasteiger partial charge >= 0.3 is 0 Å². The van der Waals surface area contributed by atoms with Gasteiger partial charge < -0.3 is 14.8 Å². The molecule has 1 aliphatic heterocycles. The standard InChI is InChI=1S/C33H46N4O2/c1-20-9-8-10-31(35-20)36-32(23(4)21(2)26-11-12-26)30-17-27(28-18-34-37(19-28)15-16-38-7)13-14-29(30)22(3)24(5)33-25(6)39-33/h8-10,13-14,17-19,21-26,32-33H,11-12,15-16H2,1-7H3,(H,35,36). The fourth-order valence-electron chi connectivity index (χ4n) is 6.21. The summed E-state index contributed by atoms with van der Waals surface area (Å²) in [6, 6.07) is 13.4. The van der Waals surface area contributed by atoms with E-state index in [2.05, 4.69) is 94.6 Å². The Morgan fingerprint density at radius 2 is 1.82 bits per heavy atom. The van der Waals surface area contributed by atoms with E-state index in [1.807, 2.05) is 10.9 Å². The summed E-state index contributed by atoms with van der Waals surface area (Å²) in [7, 11) is 1.73. The van der Waals surface area contributed by atoms with Crippen LogP contribution >= 0.6 is 0 Å². The Bertz CT molecular complexity index is 1250. The number of hydrogen-bond donors (Lipinski definition) is 1. The third-order valence-electron chi connectivity index (χ3n) is 9.38. The maximum Gasteiger partial charge on any atom is 0.126 e. The molecule has 39 heavy (non-hydrogen) atoms. The zero-order chi connectivity index (χ0) is 27.7. The first-order valence-electron chi connectivity index (χ1n) is 14.8. The number of pyridine rings is 1. The van der Waals surface area contributed by atoms with Crippen molar-refractivity contribution in [3.63, 3.8) is 0 Å². The van der Waals surface area contributed by atoms with Crippen LogP contribution in [0.5, 0.6) is 0 Å². The Hall–Kier alpha value is -2.70. The number of nitrogens with one attached hydrogen (secondary N) is 1. The normalized spacial score (nSPS) is 22.6. The molecule has 1 N–H and O–H groups in total. The van der Waals surface area contributed by atoms with Gasteiger partial charge in [-0.05, 0) is 91.2 Å². The minimum Gasteiger partial charge on any atom is -0.383 e. The van der Waals surface area contributed by atoms with E-state index in [9.17, 15) is 0 Å². The number of benzene rings is 1. The van der Waals surface area contributed by atoms with Crippen LogP contribution in [0.3, 0.4) is 0 Å². The van der Waals surface area contributed by atoms with Gasteiger partial charge in [0.25, 0.3) is 0 Å². The number of nitrogens with zero attached hydrogens (tertiary/aromatic N) is 3. The molecular formula is C33H46N4O2. The summed E-state index contributed by atoms with van der Waals surface area (Å²) in [5, 5.41) is 8.52. The van der Waals surface area contributed by atoms with Crippen molar-refractivity contribution in [1.82, 2.24) is 14.8 Å².